The lowest BCUT2D eigenvalue weighted by Gasteiger charge is -2.15. The number of rotatable bonds is 6. The minimum Gasteiger partial charge on any atom is -0.493 e. The van der Waals surface area contributed by atoms with Crippen LogP contribution in [0.3, 0.4) is 0 Å². The molecule has 0 unspecified atom stereocenters. The first kappa shape index (κ1) is 18.9. The van der Waals surface area contributed by atoms with E-state index in [0.29, 0.717) is 17.2 Å². The van der Waals surface area contributed by atoms with Crippen LogP contribution in [0.5, 0.6) is 17.2 Å². The Bertz CT molecular complexity index is 1070. The molecule has 29 heavy (non-hydrogen) atoms. The highest BCUT2D eigenvalue weighted by Crippen LogP contribution is 2.40. The summed E-state index contributed by atoms with van der Waals surface area (Å²) in [7, 11) is 4.67. The number of amides is 1. The number of anilines is 1. The van der Waals surface area contributed by atoms with Gasteiger partial charge in [0.1, 0.15) is 0 Å². The van der Waals surface area contributed by atoms with Crippen LogP contribution in [0.2, 0.25) is 0 Å². The van der Waals surface area contributed by atoms with Gasteiger partial charge in [-0.1, -0.05) is 36.4 Å². The van der Waals surface area contributed by atoms with Crippen LogP contribution in [0.15, 0.2) is 54.6 Å². The summed E-state index contributed by atoms with van der Waals surface area (Å²) >= 11 is 0. The molecule has 148 valence electrons. The van der Waals surface area contributed by atoms with Gasteiger partial charge in [0, 0.05) is 11.3 Å². The van der Waals surface area contributed by atoms with Crippen molar-refractivity contribution in [3.8, 4) is 28.4 Å². The smallest absolute Gasteiger partial charge is 0.228 e. The maximum atomic E-state index is 12.7. The van der Waals surface area contributed by atoms with E-state index in [1.165, 1.54) is 22.3 Å². The fourth-order valence-electron chi connectivity index (χ4n) is 3.90. The van der Waals surface area contributed by atoms with Crippen molar-refractivity contribution in [1.82, 2.24) is 0 Å². The third kappa shape index (κ3) is 3.51. The minimum absolute atomic E-state index is 0.119. The Kier molecular flexibility index (Phi) is 5.12. The van der Waals surface area contributed by atoms with Gasteiger partial charge in [0.15, 0.2) is 11.5 Å². The zero-order valence-corrected chi connectivity index (χ0v) is 16.7. The number of nitrogens with one attached hydrogen (secondary N) is 1. The van der Waals surface area contributed by atoms with Crippen LogP contribution in [0.1, 0.15) is 16.7 Å². The molecule has 0 heterocycles. The molecule has 0 atom stereocenters. The summed E-state index contributed by atoms with van der Waals surface area (Å²) in [5, 5.41) is 3.00. The Hall–Kier alpha value is -3.47. The molecule has 1 N–H and O–H groups in total. The minimum atomic E-state index is -0.119. The van der Waals surface area contributed by atoms with Crippen molar-refractivity contribution in [2.75, 3.05) is 26.6 Å². The van der Waals surface area contributed by atoms with E-state index in [0.717, 1.165) is 17.7 Å². The quantitative estimate of drug-likeness (QED) is 0.529. The predicted octanol–water partition coefficient (Wildman–Crippen LogP) is 4.46. The summed E-state index contributed by atoms with van der Waals surface area (Å²) in [4.78, 5) is 12.7. The summed E-state index contributed by atoms with van der Waals surface area (Å²) in [6.07, 6.45) is 1.06. The van der Waals surface area contributed by atoms with Gasteiger partial charge in [-0.25, -0.2) is 0 Å². The second kappa shape index (κ2) is 7.87. The average Bonchev–Trinajstić information content (AvgIpc) is 3.10. The highest BCUT2D eigenvalue weighted by molar-refractivity contribution is 5.93. The SMILES string of the molecule is COc1ccc(CC(=O)Nc2ccc3c(c2)Cc2ccccc2-3)c(OC)c1OC. The Morgan fingerprint density at radius 1 is 0.862 bits per heavy atom. The van der Waals surface area contributed by atoms with Crippen molar-refractivity contribution in [3.63, 3.8) is 0 Å². The van der Waals surface area contributed by atoms with Gasteiger partial charge in [0.25, 0.3) is 0 Å². The summed E-state index contributed by atoms with van der Waals surface area (Å²) in [5.41, 5.74) is 6.58. The molecule has 5 heteroatoms. The number of carbonyl (C=O) groups excluding carboxylic acids is 1. The Morgan fingerprint density at radius 2 is 1.62 bits per heavy atom. The van der Waals surface area contributed by atoms with Gasteiger partial charge in [0.2, 0.25) is 11.7 Å². The number of fused-ring (bicyclic) bond motifs is 3. The Morgan fingerprint density at radius 3 is 2.38 bits per heavy atom. The van der Waals surface area contributed by atoms with E-state index in [-0.39, 0.29) is 12.3 Å². The van der Waals surface area contributed by atoms with Gasteiger partial charge in [-0.05, 0) is 46.9 Å². The molecule has 0 radical (unpaired) electrons. The van der Waals surface area contributed by atoms with Crippen LogP contribution in [-0.2, 0) is 17.6 Å². The third-order valence-electron chi connectivity index (χ3n) is 5.21. The summed E-state index contributed by atoms with van der Waals surface area (Å²) in [6.45, 7) is 0. The summed E-state index contributed by atoms with van der Waals surface area (Å²) in [6, 6.07) is 18.1. The Balaban J connectivity index is 1.52. The summed E-state index contributed by atoms with van der Waals surface area (Å²) in [5.74, 6) is 1.43. The standard InChI is InChI=1S/C24H23NO4/c1-27-21-11-8-16(23(28-2)24(21)29-3)14-22(26)25-18-9-10-20-17(13-18)12-15-6-4-5-7-19(15)20/h4-11,13H,12,14H2,1-3H3,(H,25,26). The van der Waals surface area contributed by atoms with Crippen molar-refractivity contribution in [3.05, 3.63) is 71.3 Å². The fourth-order valence-corrected chi connectivity index (χ4v) is 3.90. The van der Waals surface area contributed by atoms with E-state index in [4.69, 9.17) is 14.2 Å². The molecule has 0 spiro atoms. The first-order chi connectivity index (χ1) is 14.1. The first-order valence-electron chi connectivity index (χ1n) is 9.43. The lowest BCUT2D eigenvalue weighted by molar-refractivity contribution is -0.115. The maximum absolute atomic E-state index is 12.7. The van der Waals surface area contributed by atoms with Gasteiger partial charge in [-0.3, -0.25) is 4.79 Å². The van der Waals surface area contributed by atoms with Crippen LogP contribution >= 0.6 is 0 Å². The fraction of sp³-hybridized carbons (Fsp3) is 0.208. The van der Waals surface area contributed by atoms with Gasteiger partial charge in [-0.15, -0.1) is 0 Å². The molecule has 1 aliphatic carbocycles. The second-order valence-corrected chi connectivity index (χ2v) is 6.92. The van der Waals surface area contributed by atoms with E-state index in [9.17, 15) is 4.79 Å². The zero-order chi connectivity index (χ0) is 20.4. The molecular weight excluding hydrogens is 366 g/mol. The molecule has 1 aliphatic rings. The third-order valence-corrected chi connectivity index (χ3v) is 5.21. The molecule has 3 aromatic carbocycles. The molecule has 4 rings (SSSR count). The average molecular weight is 389 g/mol. The van der Waals surface area contributed by atoms with Crippen molar-refractivity contribution in [1.29, 1.82) is 0 Å². The highest BCUT2D eigenvalue weighted by Gasteiger charge is 2.20. The number of ether oxygens (including phenoxy) is 3. The Labute approximate surface area is 170 Å². The van der Waals surface area contributed by atoms with Crippen LogP contribution in [0.25, 0.3) is 11.1 Å². The predicted molar refractivity (Wildman–Crippen MR) is 113 cm³/mol. The van der Waals surface area contributed by atoms with Crippen LogP contribution in [-0.4, -0.2) is 27.2 Å². The number of hydrogen-bond acceptors (Lipinski definition) is 4. The molecule has 5 nitrogen and oxygen atoms in total. The zero-order valence-electron chi connectivity index (χ0n) is 16.7. The molecule has 0 bridgehead atoms. The lowest BCUT2D eigenvalue weighted by Crippen LogP contribution is -2.15. The first-order valence-corrected chi connectivity index (χ1v) is 9.43. The second-order valence-electron chi connectivity index (χ2n) is 6.92. The number of benzene rings is 3. The van der Waals surface area contributed by atoms with E-state index in [1.54, 1.807) is 27.4 Å². The van der Waals surface area contributed by atoms with Crippen molar-refractivity contribution in [2.45, 2.75) is 12.8 Å². The molecule has 0 fully saturated rings. The lowest BCUT2D eigenvalue weighted by atomic mass is 10.1. The van der Waals surface area contributed by atoms with Gasteiger partial charge >= 0.3 is 0 Å². The largest absolute Gasteiger partial charge is 0.493 e. The number of methoxy groups -OCH3 is 3. The van der Waals surface area contributed by atoms with E-state index >= 15 is 0 Å². The molecule has 3 aromatic rings. The molecule has 0 saturated carbocycles. The van der Waals surface area contributed by atoms with Gasteiger partial charge in [-0.2, -0.15) is 0 Å². The molecular formula is C24H23NO4. The normalized spacial score (nSPS) is 11.4. The number of hydrogen-bond donors (Lipinski definition) is 1. The van der Waals surface area contributed by atoms with Gasteiger partial charge < -0.3 is 19.5 Å². The molecule has 1 amide bonds. The highest BCUT2D eigenvalue weighted by atomic mass is 16.5. The van der Waals surface area contributed by atoms with E-state index < -0.39 is 0 Å². The molecule has 0 saturated heterocycles. The van der Waals surface area contributed by atoms with E-state index in [1.807, 2.05) is 12.1 Å². The van der Waals surface area contributed by atoms with Crippen molar-refractivity contribution in [2.24, 2.45) is 0 Å². The van der Waals surface area contributed by atoms with Gasteiger partial charge in [0.05, 0.1) is 27.8 Å². The topological polar surface area (TPSA) is 56.8 Å². The monoisotopic (exact) mass is 389 g/mol. The van der Waals surface area contributed by atoms with Crippen LogP contribution in [0, 0.1) is 0 Å². The summed E-state index contributed by atoms with van der Waals surface area (Å²) < 4.78 is 16.2. The molecule has 0 aromatic heterocycles. The van der Waals surface area contributed by atoms with E-state index in [2.05, 4.69) is 41.7 Å². The van der Waals surface area contributed by atoms with Crippen molar-refractivity contribution >= 4 is 11.6 Å². The number of carbonyl (C=O) groups is 1. The maximum Gasteiger partial charge on any atom is 0.228 e. The molecule has 0 aliphatic heterocycles. The van der Waals surface area contributed by atoms with Crippen molar-refractivity contribution < 1.29 is 19.0 Å². The van der Waals surface area contributed by atoms with Crippen LogP contribution < -0.4 is 19.5 Å². The van der Waals surface area contributed by atoms with Crippen LogP contribution in [0.4, 0.5) is 5.69 Å².